The monoisotopic (exact) mass is 354 g/mol. The van der Waals surface area contributed by atoms with Crippen molar-refractivity contribution >= 4 is 51.5 Å². The lowest BCUT2D eigenvalue weighted by Gasteiger charge is -2.06. The number of halogens is 2. The molecule has 9 heteroatoms. The van der Waals surface area contributed by atoms with Crippen molar-refractivity contribution in [3.63, 3.8) is 0 Å². The molecule has 0 aliphatic carbocycles. The third kappa shape index (κ3) is 3.54. The summed E-state index contributed by atoms with van der Waals surface area (Å²) < 4.78 is 0. The average molecular weight is 355 g/mol. The molecule has 2 rings (SSSR count). The van der Waals surface area contributed by atoms with Crippen molar-refractivity contribution in [1.29, 1.82) is 5.26 Å². The molecule has 0 aliphatic heterocycles. The summed E-state index contributed by atoms with van der Waals surface area (Å²) in [5.74, 6) is 0. The van der Waals surface area contributed by atoms with Crippen molar-refractivity contribution in [1.82, 2.24) is 4.98 Å². The van der Waals surface area contributed by atoms with Gasteiger partial charge in [-0.15, -0.1) is 11.3 Å². The molecule has 0 atom stereocenters. The molecule has 0 saturated heterocycles. The summed E-state index contributed by atoms with van der Waals surface area (Å²) in [6.45, 7) is 1.81. The Morgan fingerprint density at radius 3 is 2.82 bits per heavy atom. The number of nitrogens with zero attached hydrogens (tertiary/aromatic N) is 3. The third-order valence-electron chi connectivity index (χ3n) is 2.56. The first-order chi connectivity index (χ1) is 10.4. The lowest BCUT2D eigenvalue weighted by atomic mass is 10.2. The van der Waals surface area contributed by atoms with Gasteiger partial charge in [0.1, 0.15) is 22.3 Å². The lowest BCUT2D eigenvalue weighted by molar-refractivity contribution is -0.383. The zero-order chi connectivity index (χ0) is 16.3. The fourth-order valence-corrected chi connectivity index (χ4v) is 2.91. The highest BCUT2D eigenvalue weighted by Crippen LogP contribution is 2.36. The summed E-state index contributed by atoms with van der Waals surface area (Å²) in [6.07, 6.45) is 1.33. The van der Waals surface area contributed by atoms with Gasteiger partial charge in [-0.2, -0.15) is 5.26 Å². The second-order valence-electron chi connectivity index (χ2n) is 4.15. The first-order valence-electron chi connectivity index (χ1n) is 5.85. The fraction of sp³-hybridized carbons (Fsp3) is 0.0769. The van der Waals surface area contributed by atoms with Crippen LogP contribution in [0.15, 0.2) is 23.7 Å². The van der Waals surface area contributed by atoms with E-state index in [2.05, 4.69) is 10.3 Å². The maximum absolute atomic E-state index is 11.1. The van der Waals surface area contributed by atoms with Crippen LogP contribution in [-0.2, 0) is 0 Å². The zero-order valence-corrected chi connectivity index (χ0v) is 13.5. The molecule has 112 valence electrons. The van der Waals surface area contributed by atoms with Crippen molar-refractivity contribution in [2.24, 2.45) is 0 Å². The number of aromatic nitrogens is 1. The van der Waals surface area contributed by atoms with E-state index >= 15 is 0 Å². The summed E-state index contributed by atoms with van der Waals surface area (Å²) >= 11 is 13.0. The SMILES string of the molecule is Cc1csc(/C(C#N)=C/Nc2c(Cl)cc(Cl)cc2[N+](=O)[O-])n1. The maximum Gasteiger partial charge on any atom is 0.295 e. The minimum absolute atomic E-state index is 0.0668. The highest BCUT2D eigenvalue weighted by Gasteiger charge is 2.18. The molecule has 0 saturated carbocycles. The molecule has 0 spiro atoms. The van der Waals surface area contributed by atoms with Crippen molar-refractivity contribution in [2.45, 2.75) is 6.92 Å². The van der Waals surface area contributed by atoms with Gasteiger partial charge in [-0.1, -0.05) is 23.2 Å². The van der Waals surface area contributed by atoms with Gasteiger partial charge in [-0.25, -0.2) is 4.98 Å². The van der Waals surface area contributed by atoms with Gasteiger partial charge in [0.25, 0.3) is 5.69 Å². The van der Waals surface area contributed by atoms with Gasteiger partial charge < -0.3 is 5.32 Å². The number of allylic oxidation sites excluding steroid dienone is 1. The summed E-state index contributed by atoms with van der Waals surface area (Å²) in [5.41, 5.74) is 0.827. The van der Waals surface area contributed by atoms with Crippen LogP contribution in [0.3, 0.4) is 0 Å². The van der Waals surface area contributed by atoms with Crippen LogP contribution >= 0.6 is 34.5 Å². The van der Waals surface area contributed by atoms with Gasteiger partial charge in [0.15, 0.2) is 0 Å². The van der Waals surface area contributed by atoms with Gasteiger partial charge >= 0.3 is 0 Å². The summed E-state index contributed by atoms with van der Waals surface area (Å²) in [6, 6.07) is 4.55. The van der Waals surface area contributed by atoms with E-state index in [1.54, 1.807) is 5.38 Å². The average Bonchev–Trinajstić information content (AvgIpc) is 2.87. The Hall–Kier alpha value is -2.14. The maximum atomic E-state index is 11.1. The van der Waals surface area contributed by atoms with E-state index in [0.29, 0.717) is 5.01 Å². The number of hydrogen-bond donors (Lipinski definition) is 1. The van der Waals surface area contributed by atoms with Crippen LogP contribution in [-0.4, -0.2) is 9.91 Å². The minimum Gasteiger partial charge on any atom is -0.354 e. The van der Waals surface area contributed by atoms with Crippen LogP contribution in [0.25, 0.3) is 5.57 Å². The van der Waals surface area contributed by atoms with Gasteiger partial charge in [0.2, 0.25) is 0 Å². The van der Waals surface area contributed by atoms with Crippen LogP contribution < -0.4 is 5.32 Å². The van der Waals surface area contributed by atoms with Crippen molar-refractivity contribution < 1.29 is 4.92 Å². The molecule has 0 fully saturated rings. The summed E-state index contributed by atoms with van der Waals surface area (Å²) in [5, 5.41) is 25.5. The number of hydrogen-bond acceptors (Lipinski definition) is 6. The van der Waals surface area contributed by atoms with Crippen molar-refractivity contribution in [3.05, 3.63) is 54.6 Å². The molecule has 22 heavy (non-hydrogen) atoms. The molecule has 0 radical (unpaired) electrons. The second-order valence-corrected chi connectivity index (χ2v) is 5.85. The van der Waals surface area contributed by atoms with E-state index in [9.17, 15) is 15.4 Å². The molecule has 0 unspecified atom stereocenters. The number of nitrogens with one attached hydrogen (secondary N) is 1. The number of nitro groups is 1. The van der Waals surface area contributed by atoms with E-state index < -0.39 is 4.92 Å². The Morgan fingerprint density at radius 1 is 1.55 bits per heavy atom. The van der Waals surface area contributed by atoms with Crippen LogP contribution in [0.4, 0.5) is 11.4 Å². The number of anilines is 1. The Balaban J connectivity index is 2.40. The Morgan fingerprint density at radius 2 is 2.27 bits per heavy atom. The third-order valence-corrected chi connectivity index (χ3v) is 4.07. The first-order valence-corrected chi connectivity index (χ1v) is 7.48. The number of thiazole rings is 1. The van der Waals surface area contributed by atoms with E-state index in [-0.39, 0.29) is 27.0 Å². The first kappa shape index (κ1) is 16.2. The Kier molecular flexibility index (Phi) is 4.98. The predicted molar refractivity (Wildman–Crippen MR) is 87.2 cm³/mol. The molecular formula is C13H8Cl2N4O2S. The quantitative estimate of drug-likeness (QED) is 0.490. The normalized spacial score (nSPS) is 11.1. The lowest BCUT2D eigenvalue weighted by Crippen LogP contribution is -1.98. The topological polar surface area (TPSA) is 91.8 Å². The van der Waals surface area contributed by atoms with E-state index in [1.807, 2.05) is 13.0 Å². The second kappa shape index (κ2) is 6.75. The number of aryl methyl sites for hydroxylation is 1. The molecule has 0 aliphatic rings. The van der Waals surface area contributed by atoms with Gasteiger partial charge in [-0.05, 0) is 13.0 Å². The fourth-order valence-electron chi connectivity index (χ4n) is 1.61. The number of nitro benzene ring substituents is 1. The molecule has 2 aromatic rings. The van der Waals surface area contributed by atoms with E-state index in [4.69, 9.17) is 23.2 Å². The molecule has 0 amide bonds. The molecule has 1 aromatic heterocycles. The smallest absolute Gasteiger partial charge is 0.295 e. The van der Waals surface area contributed by atoms with Crippen LogP contribution in [0.2, 0.25) is 10.0 Å². The molecular weight excluding hydrogens is 347 g/mol. The van der Waals surface area contributed by atoms with Crippen LogP contribution in [0.1, 0.15) is 10.7 Å². The molecule has 1 aromatic carbocycles. The number of benzene rings is 1. The van der Waals surface area contributed by atoms with E-state index in [0.717, 1.165) is 5.69 Å². The summed E-state index contributed by atoms with van der Waals surface area (Å²) in [7, 11) is 0. The van der Waals surface area contributed by atoms with Gasteiger partial charge in [0.05, 0.1) is 9.95 Å². The zero-order valence-electron chi connectivity index (χ0n) is 11.1. The molecule has 1 heterocycles. The van der Waals surface area contributed by atoms with Crippen LogP contribution in [0.5, 0.6) is 0 Å². The Labute approximate surface area is 139 Å². The van der Waals surface area contributed by atoms with E-state index in [1.165, 1.54) is 29.7 Å². The minimum atomic E-state index is -0.604. The predicted octanol–water partition coefficient (Wildman–Crippen LogP) is 4.64. The largest absolute Gasteiger partial charge is 0.354 e. The van der Waals surface area contributed by atoms with Crippen LogP contribution in [0, 0.1) is 28.4 Å². The molecule has 6 nitrogen and oxygen atoms in total. The van der Waals surface area contributed by atoms with Crippen molar-refractivity contribution in [2.75, 3.05) is 5.32 Å². The standard InChI is InChI=1S/C13H8Cl2N4O2S/c1-7-6-22-13(18-7)8(4-16)5-17-12-10(15)2-9(14)3-11(12)19(20)21/h2-3,5-6,17H,1H3/b8-5+. The number of nitriles is 1. The highest BCUT2D eigenvalue weighted by atomic mass is 35.5. The van der Waals surface area contributed by atoms with Crippen molar-refractivity contribution in [3.8, 4) is 6.07 Å². The Bertz CT molecular complexity index is 811. The van der Waals surface area contributed by atoms with Gasteiger partial charge in [-0.3, -0.25) is 10.1 Å². The van der Waals surface area contributed by atoms with Gasteiger partial charge in [0, 0.05) is 28.4 Å². The summed E-state index contributed by atoms with van der Waals surface area (Å²) in [4.78, 5) is 14.7. The highest BCUT2D eigenvalue weighted by molar-refractivity contribution is 7.10. The molecule has 1 N–H and O–H groups in total. The molecule has 0 bridgehead atoms. The number of rotatable bonds is 4.